The van der Waals surface area contributed by atoms with E-state index in [9.17, 15) is 14.9 Å². The molecule has 0 aliphatic heterocycles. The van der Waals surface area contributed by atoms with Crippen LogP contribution in [0.2, 0.25) is 0 Å². The van der Waals surface area contributed by atoms with Crippen LogP contribution in [0, 0.1) is 10.1 Å². The lowest BCUT2D eigenvalue weighted by atomic mass is 10.2. The Morgan fingerprint density at radius 1 is 1.25 bits per heavy atom. The lowest BCUT2D eigenvalue weighted by molar-refractivity contribution is -0.385. The van der Waals surface area contributed by atoms with E-state index in [1.54, 1.807) is 24.3 Å². The zero-order chi connectivity index (χ0) is 14.5. The van der Waals surface area contributed by atoms with Crippen molar-refractivity contribution in [3.63, 3.8) is 0 Å². The van der Waals surface area contributed by atoms with E-state index in [4.69, 9.17) is 4.74 Å². The average Bonchev–Trinajstić information content (AvgIpc) is 2.48. The number of amides is 1. The van der Waals surface area contributed by atoms with Gasteiger partial charge in [0.2, 0.25) is 0 Å². The quantitative estimate of drug-likeness (QED) is 0.681. The highest BCUT2D eigenvalue weighted by Gasteiger charge is 2.09. The van der Waals surface area contributed by atoms with Crippen LogP contribution in [0.1, 0.15) is 10.4 Å². The maximum absolute atomic E-state index is 11.9. The van der Waals surface area contributed by atoms with Gasteiger partial charge < -0.3 is 10.1 Å². The SMILES string of the molecule is COc1ccc(C(=O)Nc2ccc([N+](=O)[O-])cn2)cc1. The summed E-state index contributed by atoms with van der Waals surface area (Å²) in [6, 6.07) is 9.20. The number of pyridine rings is 1. The fourth-order valence-corrected chi connectivity index (χ4v) is 1.50. The van der Waals surface area contributed by atoms with E-state index < -0.39 is 4.92 Å². The Balaban J connectivity index is 2.08. The molecule has 7 heteroatoms. The Morgan fingerprint density at radius 3 is 2.45 bits per heavy atom. The summed E-state index contributed by atoms with van der Waals surface area (Å²) >= 11 is 0. The maximum Gasteiger partial charge on any atom is 0.287 e. The predicted molar refractivity (Wildman–Crippen MR) is 71.8 cm³/mol. The number of hydrogen-bond donors (Lipinski definition) is 1. The van der Waals surface area contributed by atoms with Crippen LogP contribution in [0.25, 0.3) is 0 Å². The van der Waals surface area contributed by atoms with Crippen molar-refractivity contribution < 1.29 is 14.5 Å². The van der Waals surface area contributed by atoms with Gasteiger partial charge >= 0.3 is 0 Å². The smallest absolute Gasteiger partial charge is 0.287 e. The second-order valence-electron chi connectivity index (χ2n) is 3.84. The Hall–Kier alpha value is -2.96. The molecule has 7 nitrogen and oxygen atoms in total. The summed E-state index contributed by atoms with van der Waals surface area (Å²) in [5.74, 6) is 0.542. The van der Waals surface area contributed by atoms with Gasteiger partial charge in [-0.1, -0.05) is 0 Å². The fourth-order valence-electron chi connectivity index (χ4n) is 1.50. The molecular formula is C13H11N3O4. The second kappa shape index (κ2) is 5.79. The number of carbonyl (C=O) groups is 1. The van der Waals surface area contributed by atoms with Crippen LogP contribution in [-0.2, 0) is 0 Å². The van der Waals surface area contributed by atoms with Gasteiger partial charge in [0.15, 0.2) is 0 Å². The van der Waals surface area contributed by atoms with Crippen molar-refractivity contribution in [1.29, 1.82) is 0 Å². The van der Waals surface area contributed by atoms with Crippen molar-refractivity contribution in [2.75, 3.05) is 12.4 Å². The normalized spacial score (nSPS) is 9.85. The molecule has 0 atom stereocenters. The van der Waals surface area contributed by atoms with Crippen LogP contribution in [0.3, 0.4) is 0 Å². The standard InChI is InChI=1S/C13H11N3O4/c1-20-11-5-2-9(3-6-11)13(17)15-12-7-4-10(8-14-12)16(18)19/h2-8H,1H3,(H,14,15,17). The number of methoxy groups -OCH3 is 1. The summed E-state index contributed by atoms with van der Waals surface area (Å²) in [6.45, 7) is 0. The van der Waals surface area contributed by atoms with Gasteiger partial charge in [-0.3, -0.25) is 14.9 Å². The van der Waals surface area contributed by atoms with Crippen molar-refractivity contribution in [1.82, 2.24) is 4.98 Å². The van der Waals surface area contributed by atoms with Crippen molar-refractivity contribution in [2.45, 2.75) is 0 Å². The molecule has 0 bridgehead atoms. The Labute approximate surface area is 114 Å². The molecule has 1 aromatic carbocycles. The van der Waals surface area contributed by atoms with Gasteiger partial charge in [0.05, 0.1) is 12.0 Å². The minimum Gasteiger partial charge on any atom is -0.497 e. The van der Waals surface area contributed by atoms with E-state index in [2.05, 4.69) is 10.3 Å². The number of anilines is 1. The number of hydrogen-bond acceptors (Lipinski definition) is 5. The molecule has 0 spiro atoms. The van der Waals surface area contributed by atoms with Crippen LogP contribution in [-0.4, -0.2) is 22.9 Å². The summed E-state index contributed by atoms with van der Waals surface area (Å²) < 4.78 is 4.99. The maximum atomic E-state index is 11.9. The van der Waals surface area contributed by atoms with E-state index in [1.807, 2.05) is 0 Å². The third-order valence-electron chi connectivity index (χ3n) is 2.55. The van der Waals surface area contributed by atoms with Gasteiger partial charge in [0.25, 0.3) is 11.6 Å². The second-order valence-corrected chi connectivity index (χ2v) is 3.84. The lowest BCUT2D eigenvalue weighted by Crippen LogP contribution is -2.12. The number of benzene rings is 1. The van der Waals surface area contributed by atoms with Crippen molar-refractivity contribution >= 4 is 17.4 Å². The van der Waals surface area contributed by atoms with Gasteiger partial charge in [0, 0.05) is 11.6 Å². The Morgan fingerprint density at radius 2 is 1.95 bits per heavy atom. The van der Waals surface area contributed by atoms with Crippen molar-refractivity contribution in [3.05, 3.63) is 58.3 Å². The van der Waals surface area contributed by atoms with Gasteiger partial charge in [-0.15, -0.1) is 0 Å². The first-order valence-electron chi connectivity index (χ1n) is 5.66. The molecule has 20 heavy (non-hydrogen) atoms. The minimum atomic E-state index is -0.553. The topological polar surface area (TPSA) is 94.4 Å². The molecule has 2 rings (SSSR count). The molecule has 1 heterocycles. The van der Waals surface area contributed by atoms with E-state index >= 15 is 0 Å². The molecule has 0 fully saturated rings. The highest BCUT2D eigenvalue weighted by molar-refractivity contribution is 6.03. The van der Waals surface area contributed by atoms with Gasteiger partial charge in [-0.25, -0.2) is 4.98 Å². The van der Waals surface area contributed by atoms with E-state index in [0.29, 0.717) is 11.3 Å². The molecule has 1 amide bonds. The zero-order valence-corrected chi connectivity index (χ0v) is 10.6. The highest BCUT2D eigenvalue weighted by Crippen LogP contribution is 2.14. The molecular weight excluding hydrogens is 262 g/mol. The predicted octanol–water partition coefficient (Wildman–Crippen LogP) is 2.25. The van der Waals surface area contributed by atoms with E-state index in [0.717, 1.165) is 6.20 Å². The number of nitrogens with zero attached hydrogens (tertiary/aromatic N) is 2. The number of ether oxygens (including phenoxy) is 1. The lowest BCUT2D eigenvalue weighted by Gasteiger charge is -2.05. The molecule has 1 aromatic heterocycles. The number of carbonyl (C=O) groups excluding carboxylic acids is 1. The first-order chi connectivity index (χ1) is 9.60. The van der Waals surface area contributed by atoms with Crippen LogP contribution < -0.4 is 10.1 Å². The molecule has 0 aliphatic rings. The van der Waals surface area contributed by atoms with Crippen LogP contribution >= 0.6 is 0 Å². The van der Waals surface area contributed by atoms with Crippen molar-refractivity contribution in [3.8, 4) is 5.75 Å². The molecule has 0 aliphatic carbocycles. The average molecular weight is 273 g/mol. The van der Waals surface area contributed by atoms with Crippen molar-refractivity contribution in [2.24, 2.45) is 0 Å². The minimum absolute atomic E-state index is 0.132. The van der Waals surface area contributed by atoms with Crippen LogP contribution in [0.5, 0.6) is 5.75 Å². The van der Waals surface area contributed by atoms with Crippen LogP contribution in [0.4, 0.5) is 11.5 Å². The number of rotatable bonds is 4. The Kier molecular flexibility index (Phi) is 3.90. The zero-order valence-electron chi connectivity index (χ0n) is 10.6. The summed E-state index contributed by atoms with van der Waals surface area (Å²) in [5, 5.41) is 13.0. The molecule has 0 saturated heterocycles. The molecule has 2 aromatic rings. The van der Waals surface area contributed by atoms with E-state index in [-0.39, 0.29) is 17.4 Å². The molecule has 0 saturated carbocycles. The molecule has 1 N–H and O–H groups in total. The summed E-state index contributed by atoms with van der Waals surface area (Å²) in [6.07, 6.45) is 1.09. The monoisotopic (exact) mass is 273 g/mol. The van der Waals surface area contributed by atoms with E-state index in [1.165, 1.54) is 19.2 Å². The Bertz CT molecular complexity index is 623. The summed E-state index contributed by atoms with van der Waals surface area (Å²) in [5.41, 5.74) is 0.304. The third-order valence-corrected chi connectivity index (χ3v) is 2.55. The summed E-state index contributed by atoms with van der Waals surface area (Å²) in [4.78, 5) is 25.6. The largest absolute Gasteiger partial charge is 0.497 e. The first kappa shape index (κ1) is 13.5. The van der Waals surface area contributed by atoms with Crippen LogP contribution in [0.15, 0.2) is 42.6 Å². The highest BCUT2D eigenvalue weighted by atomic mass is 16.6. The first-order valence-corrected chi connectivity index (χ1v) is 5.66. The van der Waals surface area contributed by atoms with Gasteiger partial charge in [0.1, 0.15) is 17.8 Å². The number of aromatic nitrogens is 1. The molecule has 0 radical (unpaired) electrons. The summed E-state index contributed by atoms with van der Waals surface area (Å²) in [7, 11) is 1.54. The number of nitro groups is 1. The van der Waals surface area contributed by atoms with Gasteiger partial charge in [-0.05, 0) is 30.3 Å². The third kappa shape index (κ3) is 3.08. The molecule has 0 unspecified atom stereocenters. The fraction of sp³-hybridized carbons (Fsp3) is 0.0769. The van der Waals surface area contributed by atoms with Gasteiger partial charge in [-0.2, -0.15) is 0 Å². The number of nitrogens with one attached hydrogen (secondary N) is 1. The molecule has 102 valence electrons.